The number of rotatable bonds is 6. The van der Waals surface area contributed by atoms with Gasteiger partial charge in [0.15, 0.2) is 5.82 Å². The topological polar surface area (TPSA) is 96.8 Å². The summed E-state index contributed by atoms with van der Waals surface area (Å²) < 4.78 is 6.80. The number of nitrogens with one attached hydrogen (secondary N) is 1. The first kappa shape index (κ1) is 22.6. The summed E-state index contributed by atoms with van der Waals surface area (Å²) in [5, 5.41) is 7.15. The van der Waals surface area contributed by atoms with Crippen LogP contribution in [0.2, 0.25) is 0 Å². The Morgan fingerprint density at radius 1 is 0.971 bits per heavy atom. The second-order valence-corrected chi connectivity index (χ2v) is 8.92. The van der Waals surface area contributed by atoms with Crippen LogP contribution in [0, 0.1) is 5.92 Å². The van der Waals surface area contributed by atoms with Crippen LogP contribution in [0.15, 0.2) is 48.5 Å². The molecule has 0 radical (unpaired) electrons. The predicted molar refractivity (Wildman–Crippen MR) is 132 cm³/mol. The molecule has 9 nitrogen and oxygen atoms in total. The highest BCUT2D eigenvalue weighted by molar-refractivity contribution is 6.08. The molecule has 2 aromatic carbocycles. The summed E-state index contributed by atoms with van der Waals surface area (Å²) in [6.45, 7) is 3.31. The summed E-state index contributed by atoms with van der Waals surface area (Å²) in [6.07, 6.45) is 2.58. The van der Waals surface area contributed by atoms with Gasteiger partial charge < -0.3 is 19.9 Å². The number of piperidine rings is 1. The Bertz CT molecular complexity index is 1270. The third-order valence-corrected chi connectivity index (χ3v) is 6.65. The minimum atomic E-state index is -0.205. The Kier molecular flexibility index (Phi) is 5.98. The summed E-state index contributed by atoms with van der Waals surface area (Å²) in [4.78, 5) is 40.8. The average Bonchev–Trinajstić information content (AvgIpc) is 3.25. The van der Waals surface area contributed by atoms with Crippen LogP contribution in [0.4, 0.5) is 17.2 Å². The van der Waals surface area contributed by atoms with Crippen molar-refractivity contribution in [3.8, 4) is 11.4 Å². The zero-order chi connectivity index (χ0) is 24.5. The number of carbonyl (C=O) groups is 3. The quantitative estimate of drug-likeness (QED) is 0.554. The molecule has 1 unspecified atom stereocenters. The molecule has 0 saturated carbocycles. The van der Waals surface area contributed by atoms with E-state index in [0.717, 1.165) is 17.8 Å². The number of nitrogens with zero attached hydrogens (tertiary/aromatic N) is 4. The molecule has 0 spiro atoms. The van der Waals surface area contributed by atoms with E-state index in [1.807, 2.05) is 41.3 Å². The molecule has 3 heterocycles. The van der Waals surface area contributed by atoms with E-state index in [4.69, 9.17) is 4.74 Å². The van der Waals surface area contributed by atoms with Gasteiger partial charge in [-0.2, -0.15) is 0 Å². The van der Waals surface area contributed by atoms with Crippen molar-refractivity contribution >= 4 is 35.4 Å². The van der Waals surface area contributed by atoms with Gasteiger partial charge in [-0.3, -0.25) is 14.4 Å². The summed E-state index contributed by atoms with van der Waals surface area (Å²) in [5.41, 5.74) is 3.39. The maximum atomic E-state index is 13.7. The Hall–Kier alpha value is -4.14. The SMILES string of the molecule is COc1ccc(-n2nc(NC=O)c3c2C(=O)N(c2ccc(N4CC(C)CCC4=O)cc2)CC3)cc1. The third-order valence-electron chi connectivity index (χ3n) is 6.65. The third kappa shape index (κ3) is 4.14. The molecule has 9 heteroatoms. The normalized spacial score (nSPS) is 17.8. The molecule has 180 valence electrons. The van der Waals surface area contributed by atoms with Gasteiger partial charge in [-0.05, 0) is 67.3 Å². The Balaban J connectivity index is 1.47. The maximum Gasteiger partial charge on any atom is 0.277 e. The molecule has 0 bridgehead atoms. The molecular formula is C26H27N5O4. The van der Waals surface area contributed by atoms with E-state index in [2.05, 4.69) is 17.3 Å². The monoisotopic (exact) mass is 473 g/mol. The van der Waals surface area contributed by atoms with Crippen molar-refractivity contribution < 1.29 is 19.1 Å². The van der Waals surface area contributed by atoms with Crippen molar-refractivity contribution in [2.45, 2.75) is 26.2 Å². The first-order valence-corrected chi connectivity index (χ1v) is 11.7. The molecule has 1 N–H and O–H groups in total. The molecule has 2 aliphatic heterocycles. The van der Waals surface area contributed by atoms with E-state index in [1.54, 1.807) is 28.8 Å². The van der Waals surface area contributed by atoms with E-state index in [9.17, 15) is 14.4 Å². The highest BCUT2D eigenvalue weighted by atomic mass is 16.5. The van der Waals surface area contributed by atoms with Crippen LogP contribution in [0.3, 0.4) is 0 Å². The predicted octanol–water partition coefficient (Wildman–Crippen LogP) is 3.42. The fraction of sp³-hybridized carbons (Fsp3) is 0.308. The Morgan fingerprint density at radius 2 is 1.63 bits per heavy atom. The van der Waals surface area contributed by atoms with E-state index >= 15 is 0 Å². The highest BCUT2D eigenvalue weighted by Crippen LogP contribution is 2.32. The summed E-state index contributed by atoms with van der Waals surface area (Å²) in [5.74, 6) is 1.46. The second-order valence-electron chi connectivity index (χ2n) is 8.92. The molecule has 1 atom stereocenters. The van der Waals surface area contributed by atoms with Crippen LogP contribution in [0.25, 0.3) is 5.69 Å². The van der Waals surface area contributed by atoms with E-state index in [1.165, 1.54) is 0 Å². The lowest BCUT2D eigenvalue weighted by Gasteiger charge is -2.32. The molecule has 5 rings (SSSR count). The van der Waals surface area contributed by atoms with Crippen molar-refractivity contribution in [1.82, 2.24) is 9.78 Å². The number of amides is 3. The number of hydrogen-bond donors (Lipinski definition) is 1. The lowest BCUT2D eigenvalue weighted by molar-refractivity contribution is -0.120. The first-order chi connectivity index (χ1) is 17.0. The zero-order valence-corrected chi connectivity index (χ0v) is 19.7. The number of fused-ring (bicyclic) bond motifs is 1. The van der Waals surface area contributed by atoms with Crippen molar-refractivity contribution in [2.75, 3.05) is 35.3 Å². The van der Waals surface area contributed by atoms with Gasteiger partial charge in [0.1, 0.15) is 11.4 Å². The van der Waals surface area contributed by atoms with Gasteiger partial charge in [-0.1, -0.05) is 6.92 Å². The smallest absolute Gasteiger partial charge is 0.277 e. The second kappa shape index (κ2) is 9.25. The largest absolute Gasteiger partial charge is 0.497 e. The van der Waals surface area contributed by atoms with E-state index < -0.39 is 0 Å². The van der Waals surface area contributed by atoms with Crippen LogP contribution in [-0.2, 0) is 16.0 Å². The lowest BCUT2D eigenvalue weighted by atomic mass is 9.99. The van der Waals surface area contributed by atoms with Crippen molar-refractivity contribution in [3.05, 3.63) is 59.8 Å². The summed E-state index contributed by atoms with van der Waals surface area (Å²) >= 11 is 0. The number of methoxy groups -OCH3 is 1. The van der Waals surface area contributed by atoms with E-state index in [-0.39, 0.29) is 11.8 Å². The van der Waals surface area contributed by atoms with Crippen LogP contribution in [0.5, 0.6) is 5.75 Å². The van der Waals surface area contributed by atoms with Crippen molar-refractivity contribution in [3.63, 3.8) is 0 Å². The van der Waals surface area contributed by atoms with Crippen LogP contribution >= 0.6 is 0 Å². The van der Waals surface area contributed by atoms with Crippen LogP contribution < -0.4 is 19.9 Å². The number of benzene rings is 2. The van der Waals surface area contributed by atoms with Crippen molar-refractivity contribution in [1.29, 1.82) is 0 Å². The van der Waals surface area contributed by atoms with Gasteiger partial charge in [-0.25, -0.2) is 4.68 Å². The number of carbonyl (C=O) groups excluding carboxylic acids is 3. The molecule has 1 fully saturated rings. The average molecular weight is 474 g/mol. The van der Waals surface area contributed by atoms with Crippen LogP contribution in [0.1, 0.15) is 35.8 Å². The number of aromatic nitrogens is 2. The first-order valence-electron chi connectivity index (χ1n) is 11.7. The Labute approximate surface area is 203 Å². The zero-order valence-electron chi connectivity index (χ0n) is 19.7. The van der Waals surface area contributed by atoms with Gasteiger partial charge in [0.2, 0.25) is 12.3 Å². The molecular weight excluding hydrogens is 446 g/mol. The summed E-state index contributed by atoms with van der Waals surface area (Å²) in [6, 6.07) is 14.8. The Morgan fingerprint density at radius 3 is 2.29 bits per heavy atom. The molecule has 3 amide bonds. The number of hydrogen-bond acceptors (Lipinski definition) is 5. The molecule has 3 aromatic rings. The van der Waals surface area contributed by atoms with E-state index in [0.29, 0.717) is 66.8 Å². The van der Waals surface area contributed by atoms with Crippen molar-refractivity contribution in [2.24, 2.45) is 5.92 Å². The number of ether oxygens (including phenoxy) is 1. The maximum absolute atomic E-state index is 13.7. The number of anilines is 3. The fourth-order valence-corrected chi connectivity index (χ4v) is 4.76. The molecule has 2 aliphatic rings. The van der Waals surface area contributed by atoms with Gasteiger partial charge in [-0.15, -0.1) is 5.10 Å². The minimum Gasteiger partial charge on any atom is -0.497 e. The summed E-state index contributed by atoms with van der Waals surface area (Å²) in [7, 11) is 1.59. The standard InChI is InChI=1S/C26H27N5O4/c1-17-3-12-23(33)30(15-17)19-6-4-18(5-7-19)29-14-13-22-24(26(29)34)31(28-25(22)27-16-32)20-8-10-21(35-2)11-9-20/h4-11,16-17H,3,12-15H2,1-2H3,(H,27,28,32). The fourth-order valence-electron chi connectivity index (χ4n) is 4.76. The van der Waals surface area contributed by atoms with Gasteiger partial charge in [0, 0.05) is 36.4 Å². The molecule has 1 saturated heterocycles. The molecule has 0 aliphatic carbocycles. The molecule has 1 aromatic heterocycles. The lowest BCUT2D eigenvalue weighted by Crippen LogP contribution is -2.40. The van der Waals surface area contributed by atoms with Crippen LogP contribution in [-0.4, -0.2) is 48.2 Å². The molecule has 35 heavy (non-hydrogen) atoms. The van der Waals surface area contributed by atoms with Gasteiger partial charge >= 0.3 is 0 Å². The van der Waals surface area contributed by atoms with Gasteiger partial charge in [0.05, 0.1) is 12.8 Å². The van der Waals surface area contributed by atoms with Gasteiger partial charge in [0.25, 0.3) is 5.91 Å². The minimum absolute atomic E-state index is 0.133. The highest BCUT2D eigenvalue weighted by Gasteiger charge is 2.33.